The van der Waals surface area contributed by atoms with Crippen molar-refractivity contribution in [1.82, 2.24) is 0 Å². The highest BCUT2D eigenvalue weighted by Crippen LogP contribution is 2.55. The molecule has 0 N–H and O–H groups in total. The molecule has 1 heteroatoms. The molecule has 1 aliphatic carbocycles. The fraction of sp³-hybridized carbons (Fsp3) is 0.0345. The second-order valence-corrected chi connectivity index (χ2v) is 15.9. The van der Waals surface area contributed by atoms with Crippen molar-refractivity contribution >= 4 is 38.6 Å². The Morgan fingerprint density at radius 3 is 1.56 bits per heavy atom. The van der Waals surface area contributed by atoms with Crippen molar-refractivity contribution in [2.45, 2.75) is 12.3 Å². The SMILES string of the molecule is CC1(c2ccccc2)c2ccccc2-c2c(-c3cccc(N(c4ccc(-c5ccc(-c6ccc7ccccc7c6)cc5)cc4)c4ccc5ccccc5c4)c3)cccc21. The summed E-state index contributed by atoms with van der Waals surface area (Å²) in [7, 11) is 0. The maximum atomic E-state index is 2.40. The van der Waals surface area contributed by atoms with E-state index in [4.69, 9.17) is 0 Å². The summed E-state index contributed by atoms with van der Waals surface area (Å²) < 4.78 is 0. The summed E-state index contributed by atoms with van der Waals surface area (Å²) in [6, 6.07) is 84.5. The molecule has 0 saturated carbocycles. The van der Waals surface area contributed by atoms with Gasteiger partial charge in [-0.3, -0.25) is 0 Å². The van der Waals surface area contributed by atoms with Crippen LogP contribution in [0.4, 0.5) is 17.1 Å². The molecule has 1 nitrogen and oxygen atoms in total. The van der Waals surface area contributed by atoms with Gasteiger partial charge in [0.15, 0.2) is 0 Å². The summed E-state index contributed by atoms with van der Waals surface area (Å²) in [4.78, 5) is 2.40. The van der Waals surface area contributed by atoms with Gasteiger partial charge in [0.05, 0.1) is 0 Å². The molecule has 59 heavy (non-hydrogen) atoms. The number of hydrogen-bond acceptors (Lipinski definition) is 1. The van der Waals surface area contributed by atoms with E-state index in [9.17, 15) is 0 Å². The van der Waals surface area contributed by atoms with Gasteiger partial charge in [0.2, 0.25) is 0 Å². The van der Waals surface area contributed by atoms with Gasteiger partial charge in [-0.05, 0) is 132 Å². The lowest BCUT2D eigenvalue weighted by molar-refractivity contribution is 0.714. The molecule has 1 unspecified atom stereocenters. The Kier molecular flexibility index (Phi) is 8.34. The van der Waals surface area contributed by atoms with Crippen molar-refractivity contribution in [3.63, 3.8) is 0 Å². The van der Waals surface area contributed by atoms with Crippen LogP contribution < -0.4 is 4.90 Å². The third-order valence-corrected chi connectivity index (χ3v) is 12.5. The number of rotatable bonds is 7. The summed E-state index contributed by atoms with van der Waals surface area (Å²) >= 11 is 0. The highest BCUT2D eigenvalue weighted by molar-refractivity contribution is 5.96. The van der Waals surface area contributed by atoms with Gasteiger partial charge in [-0.1, -0.05) is 188 Å². The van der Waals surface area contributed by atoms with E-state index in [-0.39, 0.29) is 5.41 Å². The average Bonchev–Trinajstić information content (AvgIpc) is 3.58. The maximum Gasteiger partial charge on any atom is 0.0468 e. The van der Waals surface area contributed by atoms with Crippen LogP contribution in [0.3, 0.4) is 0 Å². The van der Waals surface area contributed by atoms with E-state index in [0.29, 0.717) is 0 Å². The Morgan fingerprint density at radius 1 is 0.305 bits per heavy atom. The normalized spacial score (nSPS) is 14.3. The first-order valence-corrected chi connectivity index (χ1v) is 20.5. The minimum absolute atomic E-state index is 0.254. The first-order valence-electron chi connectivity index (χ1n) is 20.5. The van der Waals surface area contributed by atoms with Crippen molar-refractivity contribution in [2.24, 2.45) is 0 Å². The summed E-state index contributed by atoms with van der Waals surface area (Å²) in [6.45, 7) is 2.39. The predicted octanol–water partition coefficient (Wildman–Crippen LogP) is 15.8. The van der Waals surface area contributed by atoms with Crippen LogP contribution in [0.5, 0.6) is 0 Å². The minimum atomic E-state index is -0.254. The molecule has 1 atom stereocenters. The molecule has 10 aromatic carbocycles. The average molecular weight is 752 g/mol. The lowest BCUT2D eigenvalue weighted by Crippen LogP contribution is -2.22. The number of anilines is 3. The zero-order valence-corrected chi connectivity index (χ0v) is 32.9. The Bertz CT molecular complexity index is 3160. The van der Waals surface area contributed by atoms with Gasteiger partial charge < -0.3 is 4.90 Å². The third kappa shape index (κ3) is 5.94. The summed E-state index contributed by atoms with van der Waals surface area (Å²) in [5.74, 6) is 0. The Hall–Kier alpha value is -7.48. The molecule has 1 aliphatic rings. The van der Waals surface area contributed by atoms with Gasteiger partial charge in [0.1, 0.15) is 0 Å². The number of benzene rings is 10. The highest BCUT2D eigenvalue weighted by atomic mass is 15.1. The van der Waals surface area contributed by atoms with Gasteiger partial charge in [-0.25, -0.2) is 0 Å². The predicted molar refractivity (Wildman–Crippen MR) is 250 cm³/mol. The Morgan fingerprint density at radius 2 is 0.814 bits per heavy atom. The molecule has 0 bridgehead atoms. The van der Waals surface area contributed by atoms with E-state index >= 15 is 0 Å². The van der Waals surface area contributed by atoms with E-state index in [2.05, 4.69) is 242 Å². The largest absolute Gasteiger partial charge is 0.310 e. The Labute approximate surface area is 346 Å². The quantitative estimate of drug-likeness (QED) is 0.157. The lowest BCUT2D eigenvalue weighted by Gasteiger charge is -2.28. The van der Waals surface area contributed by atoms with Gasteiger partial charge in [-0.15, -0.1) is 0 Å². The molecule has 0 aromatic heterocycles. The third-order valence-electron chi connectivity index (χ3n) is 12.5. The summed E-state index contributed by atoms with van der Waals surface area (Å²) in [5.41, 5.74) is 17.0. The van der Waals surface area contributed by atoms with E-state index in [0.717, 1.165) is 17.1 Å². The second kappa shape index (κ2) is 14.2. The van der Waals surface area contributed by atoms with E-state index < -0.39 is 0 Å². The zero-order valence-electron chi connectivity index (χ0n) is 32.9. The standard InChI is InChI=1S/C58H41N/c1-58(49-18-3-2-4-19-49)55-23-10-9-21-54(55)57-53(22-12-24-56(57)58)48-17-11-20-51(39-48)59(52-36-33-41-14-6-8-16-46(41)38-52)50-34-31-43(32-35-50)42-25-27-44(28-26-42)47-30-29-40-13-5-7-15-45(40)37-47/h2-39H,1H3. The van der Waals surface area contributed by atoms with Crippen LogP contribution in [0.1, 0.15) is 23.6 Å². The van der Waals surface area contributed by atoms with Crippen LogP contribution in [0, 0.1) is 0 Å². The van der Waals surface area contributed by atoms with Crippen molar-refractivity contribution in [3.05, 3.63) is 247 Å². The van der Waals surface area contributed by atoms with Crippen molar-refractivity contribution in [3.8, 4) is 44.5 Å². The fourth-order valence-electron chi connectivity index (χ4n) is 9.47. The molecule has 0 saturated heterocycles. The monoisotopic (exact) mass is 751 g/mol. The number of hydrogen-bond donors (Lipinski definition) is 0. The van der Waals surface area contributed by atoms with Crippen LogP contribution in [0.25, 0.3) is 66.1 Å². The first kappa shape index (κ1) is 34.7. The van der Waals surface area contributed by atoms with Crippen molar-refractivity contribution in [2.75, 3.05) is 4.90 Å². The van der Waals surface area contributed by atoms with Crippen molar-refractivity contribution in [1.29, 1.82) is 0 Å². The maximum absolute atomic E-state index is 2.40. The number of nitrogens with zero attached hydrogens (tertiary/aromatic N) is 1. The van der Waals surface area contributed by atoms with Crippen LogP contribution in [0.15, 0.2) is 231 Å². The molecule has 0 heterocycles. The van der Waals surface area contributed by atoms with Gasteiger partial charge in [0, 0.05) is 22.5 Å². The highest BCUT2D eigenvalue weighted by Gasteiger charge is 2.41. The molecule has 0 spiro atoms. The van der Waals surface area contributed by atoms with Crippen LogP contribution in [0.2, 0.25) is 0 Å². The van der Waals surface area contributed by atoms with Crippen molar-refractivity contribution < 1.29 is 0 Å². The Balaban J connectivity index is 0.991. The molecular weight excluding hydrogens is 711 g/mol. The molecular formula is C58H41N. The molecule has 0 radical (unpaired) electrons. The number of fused-ring (bicyclic) bond motifs is 5. The fourth-order valence-corrected chi connectivity index (χ4v) is 9.47. The van der Waals surface area contributed by atoms with Gasteiger partial charge >= 0.3 is 0 Å². The first-order chi connectivity index (χ1) is 29.1. The minimum Gasteiger partial charge on any atom is -0.310 e. The topological polar surface area (TPSA) is 3.24 Å². The van der Waals surface area contributed by atoms with Gasteiger partial charge in [0.25, 0.3) is 0 Å². The van der Waals surface area contributed by atoms with E-state index in [1.165, 1.54) is 82.7 Å². The molecule has 10 aromatic rings. The molecule has 0 amide bonds. The smallest absolute Gasteiger partial charge is 0.0468 e. The molecule has 0 aliphatic heterocycles. The van der Waals surface area contributed by atoms with Crippen LogP contribution in [-0.2, 0) is 5.41 Å². The summed E-state index contributed by atoms with van der Waals surface area (Å²) in [5, 5.41) is 4.97. The molecule has 0 fully saturated rings. The molecule has 11 rings (SSSR count). The van der Waals surface area contributed by atoms with Gasteiger partial charge in [-0.2, -0.15) is 0 Å². The summed E-state index contributed by atoms with van der Waals surface area (Å²) in [6.07, 6.45) is 0. The zero-order chi connectivity index (χ0) is 39.3. The second-order valence-electron chi connectivity index (χ2n) is 15.9. The molecule has 278 valence electrons. The van der Waals surface area contributed by atoms with E-state index in [1.807, 2.05) is 0 Å². The van der Waals surface area contributed by atoms with E-state index in [1.54, 1.807) is 0 Å². The van der Waals surface area contributed by atoms with Crippen LogP contribution >= 0.6 is 0 Å². The van der Waals surface area contributed by atoms with Crippen LogP contribution in [-0.4, -0.2) is 0 Å². The lowest BCUT2D eigenvalue weighted by atomic mass is 9.74.